The second kappa shape index (κ2) is 12.8. The molecule has 0 aliphatic carbocycles. The Bertz CT molecular complexity index is 1540. The van der Waals surface area contributed by atoms with Gasteiger partial charge in [-0.05, 0) is 66.4 Å². The zero-order valence-corrected chi connectivity index (χ0v) is 22.7. The van der Waals surface area contributed by atoms with Crippen molar-refractivity contribution in [2.75, 3.05) is 11.1 Å². The largest absolute Gasteiger partial charge is 0.399 e. The first-order chi connectivity index (χ1) is 18.0. The van der Waals surface area contributed by atoms with Crippen molar-refractivity contribution in [2.45, 2.75) is 13.8 Å². The van der Waals surface area contributed by atoms with Crippen LogP contribution < -0.4 is 11.1 Å². The summed E-state index contributed by atoms with van der Waals surface area (Å²) < 4.78 is 1.16. The van der Waals surface area contributed by atoms with Crippen molar-refractivity contribution in [3.05, 3.63) is 149 Å². The van der Waals surface area contributed by atoms with Crippen LogP contribution in [0.15, 0.2) is 138 Å². The lowest BCUT2D eigenvalue weighted by Crippen LogP contribution is -1.91. The Morgan fingerprint density at radius 3 is 1.59 bits per heavy atom. The number of nitrogens with one attached hydrogen (secondary N) is 1. The van der Waals surface area contributed by atoms with Crippen LogP contribution in [-0.2, 0) is 0 Å². The van der Waals surface area contributed by atoms with E-state index in [-0.39, 0.29) is 0 Å². The molecule has 6 rings (SSSR count). The Balaban J connectivity index is 0.000000143. The first-order valence-corrected chi connectivity index (χ1v) is 13.1. The fourth-order valence-electron chi connectivity index (χ4n) is 3.88. The first kappa shape index (κ1) is 26.0. The van der Waals surface area contributed by atoms with Crippen molar-refractivity contribution >= 4 is 54.5 Å². The summed E-state index contributed by atoms with van der Waals surface area (Å²) in [6.07, 6.45) is 0. The third kappa shape index (κ3) is 7.45. The summed E-state index contributed by atoms with van der Waals surface area (Å²) in [7, 11) is 0. The molecule has 0 aliphatic heterocycles. The van der Waals surface area contributed by atoms with E-state index >= 15 is 0 Å². The molecule has 0 saturated carbocycles. The molecule has 0 fully saturated rings. The molecule has 0 saturated heterocycles. The van der Waals surface area contributed by atoms with E-state index in [0.29, 0.717) is 0 Å². The molecule has 0 heterocycles. The average Bonchev–Trinajstić information content (AvgIpc) is 2.93. The average molecular weight is 548 g/mol. The topological polar surface area (TPSA) is 38.0 Å². The zero-order valence-electron chi connectivity index (χ0n) is 21.2. The van der Waals surface area contributed by atoms with Crippen molar-refractivity contribution in [3.8, 4) is 0 Å². The van der Waals surface area contributed by atoms with Crippen LogP contribution in [0.1, 0.15) is 11.1 Å². The Labute approximate surface area is 227 Å². The highest BCUT2D eigenvalue weighted by Gasteiger charge is 2.00. The predicted octanol–water partition coefficient (Wildman–Crippen LogP) is 10.1. The maximum Gasteiger partial charge on any atom is 0.0463 e. The van der Waals surface area contributed by atoms with Crippen LogP contribution in [0.2, 0.25) is 0 Å². The fourth-order valence-corrected chi connectivity index (χ4v) is 4.39. The van der Waals surface area contributed by atoms with Gasteiger partial charge in [0.15, 0.2) is 0 Å². The predicted molar refractivity (Wildman–Crippen MR) is 166 cm³/mol. The van der Waals surface area contributed by atoms with Crippen molar-refractivity contribution in [2.24, 2.45) is 0 Å². The number of benzene rings is 6. The Kier molecular flexibility index (Phi) is 8.96. The maximum atomic E-state index is 5.43. The summed E-state index contributed by atoms with van der Waals surface area (Å²) >= 11 is 3.50. The van der Waals surface area contributed by atoms with Crippen molar-refractivity contribution in [3.63, 3.8) is 0 Å². The molecule has 0 radical (unpaired) electrons. The minimum absolute atomic E-state index is 0.829. The number of nitrogens with two attached hydrogens (primary N) is 1. The molecule has 0 aromatic heterocycles. The van der Waals surface area contributed by atoms with Gasteiger partial charge in [0.25, 0.3) is 0 Å². The molecule has 3 heteroatoms. The van der Waals surface area contributed by atoms with Gasteiger partial charge in [-0.1, -0.05) is 124 Å². The molecule has 3 N–H and O–H groups in total. The summed E-state index contributed by atoms with van der Waals surface area (Å²) in [6, 6.07) is 45.5. The number of nitrogen functional groups attached to an aromatic ring is 1. The molecule has 37 heavy (non-hydrogen) atoms. The van der Waals surface area contributed by atoms with E-state index in [1.165, 1.54) is 32.7 Å². The summed E-state index contributed by atoms with van der Waals surface area (Å²) in [4.78, 5) is 0. The van der Waals surface area contributed by atoms with E-state index < -0.39 is 0 Å². The first-order valence-electron chi connectivity index (χ1n) is 12.3. The maximum absolute atomic E-state index is 5.43. The summed E-state index contributed by atoms with van der Waals surface area (Å²) in [5, 5.41) is 8.54. The van der Waals surface area contributed by atoms with E-state index in [0.717, 1.165) is 21.5 Å². The molecule has 0 bridgehead atoms. The van der Waals surface area contributed by atoms with Gasteiger partial charge < -0.3 is 11.1 Å². The molecule has 0 aliphatic rings. The van der Waals surface area contributed by atoms with Crippen LogP contribution in [0.5, 0.6) is 0 Å². The zero-order chi connectivity index (χ0) is 26.0. The smallest absolute Gasteiger partial charge is 0.0463 e. The molecule has 0 atom stereocenters. The molecule has 6 aromatic rings. The molecule has 6 aromatic carbocycles. The number of hydrogen-bond acceptors (Lipinski definition) is 2. The van der Waals surface area contributed by atoms with Crippen molar-refractivity contribution < 1.29 is 0 Å². The van der Waals surface area contributed by atoms with Crippen LogP contribution in [0.3, 0.4) is 0 Å². The highest BCUT2D eigenvalue weighted by atomic mass is 79.9. The highest BCUT2D eigenvalue weighted by Crippen LogP contribution is 2.26. The number of anilines is 3. The van der Waals surface area contributed by atoms with Crippen LogP contribution in [0.25, 0.3) is 21.5 Å². The van der Waals surface area contributed by atoms with E-state index in [4.69, 9.17) is 5.73 Å². The van der Waals surface area contributed by atoms with Crippen LogP contribution in [-0.4, -0.2) is 0 Å². The van der Waals surface area contributed by atoms with Gasteiger partial charge in [0.2, 0.25) is 0 Å². The Morgan fingerprint density at radius 2 is 1.00 bits per heavy atom. The molecule has 0 unspecified atom stereocenters. The van der Waals surface area contributed by atoms with Gasteiger partial charge in [-0.25, -0.2) is 0 Å². The summed E-state index contributed by atoms with van der Waals surface area (Å²) in [5.41, 5.74) is 11.1. The van der Waals surface area contributed by atoms with E-state index in [2.05, 4.69) is 125 Å². The molecule has 0 amide bonds. The third-order valence-corrected chi connectivity index (χ3v) is 6.63. The van der Waals surface area contributed by atoms with Crippen LogP contribution >= 0.6 is 15.9 Å². The normalized spacial score (nSPS) is 10.1. The Hall–Kier alpha value is -4.08. The number of halogens is 1. The van der Waals surface area contributed by atoms with Gasteiger partial charge in [0.05, 0.1) is 0 Å². The van der Waals surface area contributed by atoms with Gasteiger partial charge >= 0.3 is 0 Å². The lowest BCUT2D eigenvalue weighted by atomic mass is 10.1. The van der Waals surface area contributed by atoms with Gasteiger partial charge in [0.1, 0.15) is 0 Å². The second-order valence-corrected chi connectivity index (χ2v) is 9.74. The van der Waals surface area contributed by atoms with Crippen LogP contribution in [0.4, 0.5) is 17.1 Å². The summed E-state index contributed by atoms with van der Waals surface area (Å²) in [6.45, 7) is 4.14. The fraction of sp³-hybridized carbons (Fsp3) is 0.0588. The molecular formula is C34H31BrN2. The summed E-state index contributed by atoms with van der Waals surface area (Å²) in [5.74, 6) is 0. The van der Waals surface area contributed by atoms with E-state index in [1.807, 2.05) is 43.3 Å². The molecule has 2 nitrogen and oxygen atoms in total. The van der Waals surface area contributed by atoms with E-state index in [9.17, 15) is 0 Å². The standard InChI is InChI=1S/C17H15N.C10H7Br.C7H9N/c1-13-9-11-15(12-10-13)18-17-8-4-6-14-5-2-3-7-16(14)17;11-10-7-3-5-8-4-1-2-6-9(8)10;1-6-2-4-7(8)5-3-6/h2-12,18H,1H3;1-7H;2-5H,8H2,1H3. The molecule has 0 spiro atoms. The number of hydrogen-bond donors (Lipinski definition) is 2. The minimum atomic E-state index is 0.829. The van der Waals surface area contributed by atoms with Gasteiger partial charge in [-0.3, -0.25) is 0 Å². The van der Waals surface area contributed by atoms with Crippen molar-refractivity contribution in [1.82, 2.24) is 0 Å². The van der Waals surface area contributed by atoms with Gasteiger partial charge in [0, 0.05) is 26.9 Å². The SMILES string of the molecule is Brc1cccc2ccccc12.Cc1ccc(N)cc1.Cc1ccc(Nc2cccc3ccccc23)cc1. The van der Waals surface area contributed by atoms with Crippen LogP contribution in [0, 0.1) is 13.8 Å². The third-order valence-electron chi connectivity index (χ3n) is 5.93. The van der Waals surface area contributed by atoms with Crippen molar-refractivity contribution in [1.29, 1.82) is 0 Å². The number of rotatable bonds is 2. The second-order valence-electron chi connectivity index (χ2n) is 8.89. The Morgan fingerprint density at radius 1 is 0.514 bits per heavy atom. The van der Waals surface area contributed by atoms with Gasteiger partial charge in [-0.15, -0.1) is 0 Å². The monoisotopic (exact) mass is 546 g/mol. The van der Waals surface area contributed by atoms with E-state index in [1.54, 1.807) is 0 Å². The lowest BCUT2D eigenvalue weighted by Gasteiger charge is -2.10. The molecular weight excluding hydrogens is 516 g/mol. The lowest BCUT2D eigenvalue weighted by molar-refractivity contribution is 1.46. The number of fused-ring (bicyclic) bond motifs is 2. The quantitative estimate of drug-likeness (QED) is 0.212. The van der Waals surface area contributed by atoms with Gasteiger partial charge in [-0.2, -0.15) is 0 Å². The highest BCUT2D eigenvalue weighted by molar-refractivity contribution is 9.10. The molecule has 184 valence electrons. The number of aryl methyl sites for hydroxylation is 2. The minimum Gasteiger partial charge on any atom is -0.399 e.